The van der Waals surface area contributed by atoms with Crippen molar-refractivity contribution in [3.05, 3.63) is 95.2 Å². The van der Waals surface area contributed by atoms with Gasteiger partial charge in [-0.3, -0.25) is 4.79 Å². The molecule has 1 atom stereocenters. The molecule has 0 amide bonds. The number of aldehydes is 1. The van der Waals surface area contributed by atoms with Crippen molar-refractivity contribution < 1.29 is 14.3 Å². The zero-order chi connectivity index (χ0) is 19.1. The summed E-state index contributed by atoms with van der Waals surface area (Å²) in [5.41, 5.74) is 3.02. The molecular formula is C21H19N2O3P. The summed E-state index contributed by atoms with van der Waals surface area (Å²) in [5, 5.41) is 0. The molecule has 27 heavy (non-hydrogen) atoms. The second kappa shape index (κ2) is 9.06. The summed E-state index contributed by atoms with van der Waals surface area (Å²) < 4.78 is 7.22. The highest BCUT2D eigenvalue weighted by atomic mass is 31.0. The Labute approximate surface area is 160 Å². The number of rotatable bonds is 7. The van der Waals surface area contributed by atoms with Crippen LogP contribution in [0, 0.1) is 0 Å². The van der Waals surface area contributed by atoms with Gasteiger partial charge in [0.05, 0.1) is 5.56 Å². The molecular weight excluding hydrogens is 359 g/mol. The minimum atomic E-state index is -0.348. The maximum absolute atomic E-state index is 12.2. The van der Waals surface area contributed by atoms with Crippen molar-refractivity contribution in [2.45, 2.75) is 13.2 Å². The Morgan fingerprint density at radius 1 is 1.00 bits per heavy atom. The quantitative estimate of drug-likeness (QED) is 0.353. The molecule has 3 rings (SSSR count). The number of anilines is 1. The van der Waals surface area contributed by atoms with Gasteiger partial charge in [0.15, 0.2) is 6.29 Å². The van der Waals surface area contributed by atoms with Gasteiger partial charge in [-0.05, 0) is 44.8 Å². The molecule has 6 heteroatoms. The fraction of sp³-hybridized carbons (Fsp3) is 0.0952. The molecule has 0 radical (unpaired) electrons. The fourth-order valence-corrected chi connectivity index (χ4v) is 2.83. The van der Waals surface area contributed by atoms with Crippen LogP contribution in [-0.2, 0) is 17.9 Å². The molecule has 3 aromatic rings. The van der Waals surface area contributed by atoms with Crippen LogP contribution < -0.4 is 4.67 Å². The highest BCUT2D eigenvalue weighted by Gasteiger charge is 2.09. The third-order valence-corrected chi connectivity index (χ3v) is 4.40. The Balaban J connectivity index is 1.57. The summed E-state index contributed by atoms with van der Waals surface area (Å²) in [5.74, 6) is 0.385. The number of esters is 1. The smallest absolute Gasteiger partial charge is 0.338 e. The Morgan fingerprint density at radius 3 is 2.37 bits per heavy atom. The summed E-state index contributed by atoms with van der Waals surface area (Å²) >= 11 is 0. The number of nitrogens with zero attached hydrogens (tertiary/aromatic N) is 2. The molecule has 136 valence electrons. The van der Waals surface area contributed by atoms with E-state index in [9.17, 15) is 9.59 Å². The van der Waals surface area contributed by atoms with E-state index >= 15 is 0 Å². The highest BCUT2D eigenvalue weighted by molar-refractivity contribution is 7.19. The molecule has 0 aliphatic heterocycles. The summed E-state index contributed by atoms with van der Waals surface area (Å²) in [7, 11) is 2.60. The monoisotopic (exact) mass is 378 g/mol. The van der Waals surface area contributed by atoms with Gasteiger partial charge < -0.3 is 9.41 Å². The molecule has 0 spiro atoms. The number of carbonyl (C=O) groups excluding carboxylic acids is 2. The Hall–Kier alpha value is -3.04. The van der Waals surface area contributed by atoms with Crippen LogP contribution in [0.1, 0.15) is 31.8 Å². The number of carbonyl (C=O) groups is 2. The molecule has 1 heterocycles. The van der Waals surface area contributed by atoms with Gasteiger partial charge in [0, 0.05) is 18.3 Å². The van der Waals surface area contributed by atoms with E-state index in [0.29, 0.717) is 17.7 Å². The van der Waals surface area contributed by atoms with E-state index in [2.05, 4.69) is 14.4 Å². The largest absolute Gasteiger partial charge is 0.457 e. The number of pyridine rings is 1. The van der Waals surface area contributed by atoms with Crippen molar-refractivity contribution >= 4 is 27.5 Å². The first-order valence-corrected chi connectivity index (χ1v) is 8.91. The first kappa shape index (κ1) is 18.7. The van der Waals surface area contributed by atoms with Gasteiger partial charge >= 0.3 is 5.97 Å². The summed E-state index contributed by atoms with van der Waals surface area (Å²) in [6, 6.07) is 20.4. The molecule has 0 aliphatic carbocycles. The third kappa shape index (κ3) is 5.22. The van der Waals surface area contributed by atoms with Crippen LogP contribution in [-0.4, -0.2) is 17.2 Å². The van der Waals surface area contributed by atoms with Crippen LogP contribution in [0.2, 0.25) is 0 Å². The molecule has 0 saturated heterocycles. The molecule has 1 unspecified atom stereocenters. The summed E-state index contributed by atoms with van der Waals surface area (Å²) in [4.78, 5) is 27.1. The molecule has 0 aliphatic rings. The topological polar surface area (TPSA) is 59.5 Å². The van der Waals surface area contributed by atoms with Gasteiger partial charge in [-0.25, -0.2) is 9.78 Å². The molecule has 0 fully saturated rings. The normalized spacial score (nSPS) is 10.3. The van der Waals surface area contributed by atoms with E-state index in [1.54, 1.807) is 24.3 Å². The zero-order valence-electron chi connectivity index (χ0n) is 14.6. The number of hydrogen-bond acceptors (Lipinski definition) is 5. The van der Waals surface area contributed by atoms with Crippen molar-refractivity contribution in [3.63, 3.8) is 0 Å². The maximum Gasteiger partial charge on any atom is 0.338 e. The zero-order valence-corrected chi connectivity index (χ0v) is 15.8. The van der Waals surface area contributed by atoms with Crippen molar-refractivity contribution in [1.82, 2.24) is 4.98 Å². The van der Waals surface area contributed by atoms with E-state index in [4.69, 9.17) is 4.74 Å². The van der Waals surface area contributed by atoms with Gasteiger partial charge in [0.1, 0.15) is 12.4 Å². The van der Waals surface area contributed by atoms with Crippen molar-refractivity contribution in [3.8, 4) is 0 Å². The number of aromatic nitrogens is 1. The first-order chi connectivity index (χ1) is 13.2. The van der Waals surface area contributed by atoms with Crippen LogP contribution in [0.5, 0.6) is 0 Å². The fourth-order valence-electron chi connectivity index (χ4n) is 2.47. The van der Waals surface area contributed by atoms with Gasteiger partial charge in [0.2, 0.25) is 0 Å². The van der Waals surface area contributed by atoms with Gasteiger partial charge in [0.25, 0.3) is 0 Å². The predicted octanol–water partition coefficient (Wildman–Crippen LogP) is 4.05. The molecule has 0 bridgehead atoms. The number of ether oxygens (including phenoxy) is 1. The second-order valence-electron chi connectivity index (χ2n) is 5.95. The minimum Gasteiger partial charge on any atom is -0.457 e. The average Bonchev–Trinajstić information content (AvgIpc) is 2.73. The van der Waals surface area contributed by atoms with E-state index in [1.807, 2.05) is 47.1 Å². The van der Waals surface area contributed by atoms with E-state index in [1.165, 1.54) is 6.20 Å². The van der Waals surface area contributed by atoms with Crippen LogP contribution in [0.15, 0.2) is 72.9 Å². The minimum absolute atomic E-state index is 0.253. The lowest BCUT2D eigenvalue weighted by molar-refractivity contribution is 0.0472. The predicted molar refractivity (Wildman–Crippen MR) is 108 cm³/mol. The average molecular weight is 378 g/mol. The summed E-state index contributed by atoms with van der Waals surface area (Å²) in [6.07, 6.45) is 2.30. The lowest BCUT2D eigenvalue weighted by atomic mass is 10.1. The molecule has 1 aromatic heterocycles. The third-order valence-electron chi connectivity index (χ3n) is 3.96. The standard InChI is InChI=1S/C21H19N2O3P/c24-14-18-8-11-20(22-12-18)23(27)13-16-6-9-19(10-7-16)21(25)26-15-17-4-2-1-3-5-17/h1-12,14H,13,15,27H2. The maximum atomic E-state index is 12.2. The van der Waals surface area contributed by atoms with Crippen LogP contribution in [0.25, 0.3) is 0 Å². The lowest BCUT2D eigenvalue weighted by Crippen LogP contribution is -2.11. The molecule has 5 nitrogen and oxygen atoms in total. The van der Waals surface area contributed by atoms with Crippen LogP contribution in [0.3, 0.4) is 0 Å². The van der Waals surface area contributed by atoms with Crippen LogP contribution >= 0.6 is 9.39 Å². The Bertz CT molecular complexity index is 897. The highest BCUT2D eigenvalue weighted by Crippen LogP contribution is 2.19. The SMILES string of the molecule is O=Cc1ccc(N(P)Cc2ccc(C(=O)OCc3ccccc3)cc2)nc1. The van der Waals surface area contributed by atoms with E-state index in [0.717, 1.165) is 23.2 Å². The Morgan fingerprint density at radius 2 is 1.74 bits per heavy atom. The molecule has 0 N–H and O–H groups in total. The van der Waals surface area contributed by atoms with Gasteiger partial charge in [-0.1, -0.05) is 42.5 Å². The second-order valence-corrected chi connectivity index (χ2v) is 6.58. The summed E-state index contributed by atoms with van der Waals surface area (Å²) in [6.45, 7) is 0.848. The first-order valence-electron chi connectivity index (χ1n) is 8.39. The van der Waals surface area contributed by atoms with E-state index in [-0.39, 0.29) is 12.6 Å². The Kier molecular flexibility index (Phi) is 6.29. The van der Waals surface area contributed by atoms with Gasteiger partial charge in [-0.2, -0.15) is 0 Å². The van der Waals surface area contributed by atoms with Crippen molar-refractivity contribution in [2.24, 2.45) is 0 Å². The van der Waals surface area contributed by atoms with Crippen molar-refractivity contribution in [1.29, 1.82) is 0 Å². The van der Waals surface area contributed by atoms with Crippen molar-refractivity contribution in [2.75, 3.05) is 4.67 Å². The number of hydrogen-bond donors (Lipinski definition) is 0. The molecule has 2 aromatic carbocycles. The van der Waals surface area contributed by atoms with E-state index < -0.39 is 0 Å². The lowest BCUT2D eigenvalue weighted by Gasteiger charge is -2.18. The number of benzene rings is 2. The molecule has 0 saturated carbocycles. The van der Waals surface area contributed by atoms with Crippen LogP contribution in [0.4, 0.5) is 5.82 Å². The van der Waals surface area contributed by atoms with Gasteiger partial charge in [-0.15, -0.1) is 0 Å².